The average molecular weight is 330 g/mol. The van der Waals surface area contributed by atoms with Gasteiger partial charge < -0.3 is 9.32 Å². The summed E-state index contributed by atoms with van der Waals surface area (Å²) in [5.74, 6) is 0.973. The summed E-state index contributed by atoms with van der Waals surface area (Å²) in [5.41, 5.74) is 5.02. The number of nitrogens with one attached hydrogen (secondary N) is 2. The molecule has 0 aliphatic carbocycles. The van der Waals surface area contributed by atoms with E-state index in [1.54, 1.807) is 0 Å². The Morgan fingerprint density at radius 3 is 2.67 bits per heavy atom. The Morgan fingerprint density at radius 2 is 1.96 bits per heavy atom. The molecule has 0 atom stereocenters. The maximum Gasteiger partial charge on any atom is 0.247 e. The maximum atomic E-state index is 12.0. The molecule has 1 amide bonds. The molecule has 0 radical (unpaired) electrons. The number of piperazine rings is 1. The first-order valence-electron chi connectivity index (χ1n) is 8.35. The summed E-state index contributed by atoms with van der Waals surface area (Å²) >= 11 is 0. The van der Waals surface area contributed by atoms with E-state index in [1.165, 1.54) is 10.5 Å². The Morgan fingerprint density at radius 1 is 1.25 bits per heavy atom. The summed E-state index contributed by atoms with van der Waals surface area (Å²) in [5, 5.41) is 10.1. The first-order chi connectivity index (χ1) is 11.6. The highest BCUT2D eigenvalue weighted by Gasteiger charge is 2.18. The number of carbonyl (C=O) groups excluding carboxylic acids is 1. The van der Waals surface area contributed by atoms with Gasteiger partial charge in [0, 0.05) is 18.4 Å². The molecule has 24 heavy (non-hydrogen) atoms. The largest absolute Gasteiger partial charge is 0.421 e. The third-order valence-corrected chi connectivity index (χ3v) is 4.23. The number of aromatic nitrogens is 2. The minimum Gasteiger partial charge on any atom is -0.421 e. The minimum atomic E-state index is -0.00959. The van der Waals surface area contributed by atoms with Gasteiger partial charge in [0.25, 0.3) is 0 Å². The topological polar surface area (TPSA) is 75.7 Å². The summed E-state index contributed by atoms with van der Waals surface area (Å²) in [6.45, 7) is 5.89. The van der Waals surface area contributed by atoms with E-state index in [9.17, 15) is 4.79 Å². The lowest BCUT2D eigenvalue weighted by Crippen LogP contribution is -3.12. The van der Waals surface area contributed by atoms with Crippen molar-refractivity contribution in [2.45, 2.75) is 19.8 Å². The number of carbonyl (C=O) groups is 1. The highest BCUT2D eigenvalue weighted by Crippen LogP contribution is 2.18. The molecule has 2 heterocycles. The van der Waals surface area contributed by atoms with Crippen LogP contribution in [-0.4, -0.2) is 54.3 Å². The third kappa shape index (κ3) is 4.39. The van der Waals surface area contributed by atoms with E-state index in [2.05, 4.69) is 22.7 Å². The van der Waals surface area contributed by atoms with E-state index >= 15 is 0 Å². The second-order valence-corrected chi connectivity index (χ2v) is 6.35. The minimum absolute atomic E-state index is 0.00959. The molecule has 0 saturated carbocycles. The number of hydrogen-bond acceptors (Lipinski definition) is 5. The lowest BCUT2D eigenvalue weighted by Gasteiger charge is -2.30. The van der Waals surface area contributed by atoms with Crippen molar-refractivity contribution in [3.63, 3.8) is 0 Å². The van der Waals surface area contributed by atoms with Crippen molar-refractivity contribution < 1.29 is 14.1 Å². The number of aryl methyl sites for hydroxylation is 2. The van der Waals surface area contributed by atoms with Crippen LogP contribution in [0.1, 0.15) is 17.9 Å². The molecule has 1 aromatic carbocycles. The summed E-state index contributed by atoms with van der Waals surface area (Å²) in [4.78, 5) is 13.5. The van der Waals surface area contributed by atoms with Gasteiger partial charge in [-0.3, -0.25) is 10.2 Å². The van der Waals surface area contributed by atoms with Crippen LogP contribution in [0.3, 0.4) is 0 Å². The van der Waals surface area contributed by atoms with Crippen molar-refractivity contribution in [3.05, 3.63) is 35.7 Å². The number of benzene rings is 1. The van der Waals surface area contributed by atoms with Crippen molar-refractivity contribution >= 4 is 5.91 Å². The Labute approximate surface area is 141 Å². The molecular formula is C17H24N5O2+. The van der Waals surface area contributed by atoms with E-state index in [1.807, 2.05) is 36.2 Å². The van der Waals surface area contributed by atoms with Gasteiger partial charge in [-0.05, 0) is 19.1 Å². The molecule has 1 aliphatic rings. The summed E-state index contributed by atoms with van der Waals surface area (Å²) < 4.78 is 5.64. The fraction of sp³-hybridized carbons (Fsp3) is 0.471. The van der Waals surface area contributed by atoms with Gasteiger partial charge >= 0.3 is 0 Å². The zero-order chi connectivity index (χ0) is 16.9. The zero-order valence-electron chi connectivity index (χ0n) is 14.2. The highest BCUT2D eigenvalue weighted by atomic mass is 16.4. The second kappa shape index (κ2) is 7.55. The third-order valence-electron chi connectivity index (χ3n) is 4.23. The number of quaternary nitrogens is 1. The predicted molar refractivity (Wildman–Crippen MR) is 89.1 cm³/mol. The molecule has 1 fully saturated rings. The van der Waals surface area contributed by atoms with Crippen LogP contribution in [-0.2, 0) is 11.2 Å². The van der Waals surface area contributed by atoms with Gasteiger partial charge in [-0.15, -0.1) is 10.2 Å². The van der Waals surface area contributed by atoms with Crippen LogP contribution in [0.25, 0.3) is 11.5 Å². The van der Waals surface area contributed by atoms with Gasteiger partial charge in [0.2, 0.25) is 17.7 Å². The Balaban J connectivity index is 1.48. The zero-order valence-corrected chi connectivity index (χ0v) is 14.2. The quantitative estimate of drug-likeness (QED) is 0.797. The molecule has 0 bridgehead atoms. The van der Waals surface area contributed by atoms with Gasteiger partial charge in [-0.25, -0.2) is 5.01 Å². The molecule has 0 unspecified atom stereocenters. The molecule has 2 N–H and O–H groups in total. The molecule has 1 aliphatic heterocycles. The Kier molecular flexibility index (Phi) is 5.22. The molecule has 7 nitrogen and oxygen atoms in total. The Bertz CT molecular complexity index is 675. The lowest BCUT2D eigenvalue weighted by atomic mass is 10.1. The van der Waals surface area contributed by atoms with E-state index < -0.39 is 0 Å². The molecular weight excluding hydrogens is 306 g/mol. The van der Waals surface area contributed by atoms with Crippen molar-refractivity contribution in [1.82, 2.24) is 20.6 Å². The summed E-state index contributed by atoms with van der Waals surface area (Å²) in [6.07, 6.45) is 0.790. The molecule has 1 saturated heterocycles. The number of amides is 1. The highest BCUT2D eigenvalue weighted by molar-refractivity contribution is 5.75. The van der Waals surface area contributed by atoms with Gasteiger partial charge in [0.1, 0.15) is 0 Å². The van der Waals surface area contributed by atoms with Gasteiger partial charge in [0.15, 0.2) is 0 Å². The normalized spacial score (nSPS) is 16.2. The van der Waals surface area contributed by atoms with Crippen LogP contribution < -0.4 is 10.3 Å². The van der Waals surface area contributed by atoms with E-state index in [-0.39, 0.29) is 5.91 Å². The van der Waals surface area contributed by atoms with E-state index in [0.717, 1.165) is 31.7 Å². The lowest BCUT2D eigenvalue weighted by molar-refractivity contribution is -0.884. The van der Waals surface area contributed by atoms with Crippen LogP contribution in [0, 0.1) is 6.92 Å². The standard InChI is InChI=1S/C17H23N5O2/c1-13-3-5-14(6-4-13)17-19-18-16(24-17)8-7-15(23)20-22-11-9-21(2)10-12-22/h3-6H,7-12H2,1-2H3,(H,20,23)/p+1. The molecule has 0 spiro atoms. The molecule has 3 rings (SSSR count). The Hall–Kier alpha value is -2.25. The SMILES string of the molecule is Cc1ccc(-c2nnc(CCC(=O)NN3CC[NH+](C)CC3)o2)cc1. The van der Waals surface area contributed by atoms with Crippen molar-refractivity contribution in [1.29, 1.82) is 0 Å². The van der Waals surface area contributed by atoms with Crippen molar-refractivity contribution in [2.75, 3.05) is 33.2 Å². The van der Waals surface area contributed by atoms with Crippen LogP contribution in [0.4, 0.5) is 0 Å². The van der Waals surface area contributed by atoms with Crippen LogP contribution in [0.15, 0.2) is 28.7 Å². The summed E-state index contributed by atoms with van der Waals surface area (Å²) in [6, 6.07) is 7.91. The van der Waals surface area contributed by atoms with E-state index in [4.69, 9.17) is 4.42 Å². The van der Waals surface area contributed by atoms with Gasteiger partial charge in [-0.1, -0.05) is 17.7 Å². The smallest absolute Gasteiger partial charge is 0.247 e. The maximum absolute atomic E-state index is 12.0. The number of likely N-dealkylation sites (N-methyl/N-ethyl adjacent to an activating group) is 1. The van der Waals surface area contributed by atoms with E-state index in [0.29, 0.717) is 24.6 Å². The van der Waals surface area contributed by atoms with Crippen LogP contribution in [0.2, 0.25) is 0 Å². The fourth-order valence-electron chi connectivity index (χ4n) is 2.62. The van der Waals surface area contributed by atoms with Gasteiger partial charge in [0.05, 0.1) is 33.2 Å². The fourth-order valence-corrected chi connectivity index (χ4v) is 2.62. The molecule has 7 heteroatoms. The monoisotopic (exact) mass is 330 g/mol. The molecule has 1 aromatic heterocycles. The summed E-state index contributed by atoms with van der Waals surface area (Å²) in [7, 11) is 2.17. The number of hydrazine groups is 1. The number of hydrogen-bond donors (Lipinski definition) is 2. The predicted octanol–water partition coefficient (Wildman–Crippen LogP) is -0.161. The van der Waals surface area contributed by atoms with Crippen molar-refractivity contribution in [3.8, 4) is 11.5 Å². The van der Waals surface area contributed by atoms with Crippen LogP contribution in [0.5, 0.6) is 0 Å². The molecule has 2 aromatic rings. The second-order valence-electron chi connectivity index (χ2n) is 6.35. The average Bonchev–Trinajstić information content (AvgIpc) is 3.05. The number of nitrogens with zero attached hydrogens (tertiary/aromatic N) is 3. The first kappa shape index (κ1) is 16.6. The number of rotatable bonds is 5. The van der Waals surface area contributed by atoms with Crippen LogP contribution >= 0.6 is 0 Å². The first-order valence-corrected chi connectivity index (χ1v) is 8.35. The molecule has 128 valence electrons. The van der Waals surface area contributed by atoms with Crippen molar-refractivity contribution in [2.24, 2.45) is 0 Å². The van der Waals surface area contributed by atoms with Gasteiger partial charge in [-0.2, -0.15) is 0 Å².